The van der Waals surface area contributed by atoms with Crippen LogP contribution in [0.25, 0.3) is 55.4 Å². The number of pyridine rings is 2. The van der Waals surface area contributed by atoms with E-state index in [2.05, 4.69) is 46.0 Å². The fourth-order valence-electron chi connectivity index (χ4n) is 12.2. The Bertz CT molecular complexity index is 3430. The van der Waals surface area contributed by atoms with E-state index in [-0.39, 0.29) is 80.0 Å². The number of aliphatic hydroxyl groups is 1. The van der Waals surface area contributed by atoms with Crippen LogP contribution in [0.2, 0.25) is 5.02 Å². The van der Waals surface area contributed by atoms with Crippen LogP contribution in [0, 0.1) is 24.0 Å². The molecule has 13 rings (SSSR count). The summed E-state index contributed by atoms with van der Waals surface area (Å²) < 4.78 is 93.3. The van der Waals surface area contributed by atoms with E-state index in [1.807, 2.05) is 17.0 Å². The number of H-pyrrole nitrogens is 1. The number of piperazine rings is 2. The molecule has 7 atom stereocenters. The average molecular weight is 1090 g/mol. The topological polar surface area (TPSA) is 172 Å². The minimum Gasteiger partial charge on any atom is -0.492 e. The molecule has 6 fully saturated rings. The van der Waals surface area contributed by atoms with Crippen LogP contribution in [0.15, 0.2) is 66.9 Å². The third-order valence-corrected chi connectivity index (χ3v) is 16.4. The van der Waals surface area contributed by atoms with Gasteiger partial charge in [-0.2, -0.15) is 9.97 Å². The number of nitrogens with one attached hydrogen (secondary N) is 2. The van der Waals surface area contributed by atoms with Crippen LogP contribution in [0.3, 0.4) is 0 Å². The molecule has 22 heteroatoms. The molecule has 3 unspecified atom stereocenters. The van der Waals surface area contributed by atoms with Crippen molar-refractivity contribution in [2.75, 3.05) is 96.8 Å². The molecule has 0 saturated carbocycles. The number of rotatable bonds is 14. The van der Waals surface area contributed by atoms with Gasteiger partial charge in [-0.15, -0.1) is 6.42 Å². The Morgan fingerprint density at radius 2 is 1.63 bits per heavy atom. The number of hydrogen-bond acceptors (Lipinski definition) is 16. The number of aromatic amines is 1. The number of piperidine rings is 1. The fraction of sp³-hybridized carbons (Fsp3) is 0.446. The van der Waals surface area contributed by atoms with Crippen LogP contribution in [-0.4, -0.2) is 190 Å². The van der Waals surface area contributed by atoms with Gasteiger partial charge in [0.05, 0.1) is 53.0 Å². The number of anilines is 1. The summed E-state index contributed by atoms with van der Waals surface area (Å²) in [5, 5.41) is 15.6. The molecule has 0 aliphatic carbocycles. The van der Waals surface area contributed by atoms with Crippen molar-refractivity contribution in [1.82, 2.24) is 49.9 Å². The Kier molecular flexibility index (Phi) is 13.7. The average Bonchev–Trinajstić information content (AvgIpc) is 4.35. The molecule has 406 valence electrons. The smallest absolute Gasteiger partial charge is 0.317 e. The number of aliphatic hydroxyl groups excluding tert-OH is 1. The van der Waals surface area contributed by atoms with Crippen molar-refractivity contribution in [2.24, 2.45) is 0 Å². The molecule has 2 bridgehead atoms. The van der Waals surface area contributed by atoms with E-state index in [0.717, 1.165) is 18.4 Å². The number of fused-ring (bicyclic) bond motifs is 6. The van der Waals surface area contributed by atoms with Crippen molar-refractivity contribution in [3.8, 4) is 52.6 Å². The Morgan fingerprint density at radius 1 is 0.846 bits per heavy atom. The molecule has 0 radical (unpaired) electrons. The molecular weight excluding hydrogens is 1030 g/mol. The highest BCUT2D eigenvalue weighted by Crippen LogP contribution is 2.40. The lowest BCUT2D eigenvalue weighted by Gasteiger charge is -2.46. The van der Waals surface area contributed by atoms with E-state index in [1.54, 1.807) is 53.6 Å². The quantitative estimate of drug-likeness (QED) is 0.0815. The van der Waals surface area contributed by atoms with E-state index in [4.69, 9.17) is 46.7 Å². The zero-order valence-electron chi connectivity index (χ0n) is 42.4. The third kappa shape index (κ3) is 9.80. The van der Waals surface area contributed by atoms with Crippen molar-refractivity contribution in [3.05, 3.63) is 89.1 Å². The van der Waals surface area contributed by atoms with E-state index >= 15 is 17.6 Å². The molecule has 3 aromatic carbocycles. The summed E-state index contributed by atoms with van der Waals surface area (Å²) in [6.45, 7) is 5.33. The van der Waals surface area contributed by atoms with Gasteiger partial charge >= 0.3 is 6.01 Å². The number of likely N-dealkylation sites (tertiary alicyclic amines) is 1. The summed E-state index contributed by atoms with van der Waals surface area (Å²) in [5.41, 5.74) is 2.69. The second kappa shape index (κ2) is 21.0. The van der Waals surface area contributed by atoms with Gasteiger partial charge in [0.25, 0.3) is 11.9 Å². The number of alkyl halides is 2. The number of nitrogens with zero attached hydrogens (tertiary/aromatic N) is 9. The largest absolute Gasteiger partial charge is 0.492 e. The summed E-state index contributed by atoms with van der Waals surface area (Å²) in [6, 6.07) is 17.1. The number of hydrogen-bond donors (Lipinski definition) is 3. The number of ether oxygens (including phenoxy) is 5. The highest BCUT2D eigenvalue weighted by atomic mass is 35.5. The molecule has 7 aromatic rings. The maximum absolute atomic E-state index is 17.0. The molecule has 4 aromatic heterocycles. The summed E-state index contributed by atoms with van der Waals surface area (Å²) >= 11 is 6.67. The molecule has 0 spiro atoms. The zero-order chi connectivity index (χ0) is 53.2. The SMILES string of the molecule is C#Cc1c(F)ccc2cccc(-c3nc(N4CC5CCC(C4)N5)c4cnc(OCCN5CCN(C6CCN(CCOc7ccc(-c8nc9nc(O[C@@H]%10CO[C@H]%11[C@@H]%10OC[C@H]%11O)[nH]c9cc8Cl)cc7)CC6(F)F)CC5)nc4c3F)c12. The van der Waals surface area contributed by atoms with E-state index < -0.39 is 41.9 Å². The summed E-state index contributed by atoms with van der Waals surface area (Å²) in [7, 11) is 0. The predicted octanol–water partition coefficient (Wildman–Crippen LogP) is 6.33. The molecule has 3 N–H and O–H groups in total. The first-order valence-corrected chi connectivity index (χ1v) is 26.9. The lowest BCUT2D eigenvalue weighted by atomic mass is 9.96. The minimum atomic E-state index is -2.92. The van der Waals surface area contributed by atoms with Crippen LogP contribution in [0.4, 0.5) is 23.4 Å². The monoisotopic (exact) mass is 1090 g/mol. The normalized spacial score (nSPS) is 25.5. The molecule has 10 heterocycles. The Hall–Kier alpha value is -6.48. The van der Waals surface area contributed by atoms with Gasteiger partial charge in [0.1, 0.15) is 60.1 Å². The highest BCUT2D eigenvalue weighted by molar-refractivity contribution is 6.33. The molecule has 6 saturated heterocycles. The van der Waals surface area contributed by atoms with Gasteiger partial charge in [0.2, 0.25) is 0 Å². The van der Waals surface area contributed by atoms with E-state index in [0.29, 0.717) is 120 Å². The van der Waals surface area contributed by atoms with Crippen molar-refractivity contribution in [1.29, 1.82) is 0 Å². The van der Waals surface area contributed by atoms with Crippen molar-refractivity contribution < 1.29 is 46.4 Å². The van der Waals surface area contributed by atoms with Crippen LogP contribution >= 0.6 is 11.6 Å². The van der Waals surface area contributed by atoms with Crippen LogP contribution in [0.1, 0.15) is 24.8 Å². The maximum atomic E-state index is 17.0. The van der Waals surface area contributed by atoms with E-state index in [1.165, 1.54) is 6.07 Å². The number of aromatic nitrogens is 6. The Labute approximate surface area is 451 Å². The van der Waals surface area contributed by atoms with Gasteiger partial charge in [0, 0.05) is 93.7 Å². The molecular formula is C56H56ClF4N11O6. The van der Waals surface area contributed by atoms with Gasteiger partial charge in [-0.05, 0) is 61.0 Å². The first kappa shape index (κ1) is 51.0. The molecule has 0 amide bonds. The number of terminal acetylenes is 1. The van der Waals surface area contributed by atoms with Crippen molar-refractivity contribution >= 4 is 50.3 Å². The van der Waals surface area contributed by atoms with Crippen LogP contribution in [-0.2, 0) is 9.47 Å². The van der Waals surface area contributed by atoms with E-state index in [9.17, 15) is 5.11 Å². The second-order valence-corrected chi connectivity index (χ2v) is 21.4. The zero-order valence-corrected chi connectivity index (χ0v) is 43.1. The third-order valence-electron chi connectivity index (χ3n) is 16.1. The number of benzene rings is 3. The van der Waals surface area contributed by atoms with Gasteiger partial charge in [-0.25, -0.2) is 32.5 Å². The Morgan fingerprint density at radius 3 is 2.42 bits per heavy atom. The Balaban J connectivity index is 0.595. The van der Waals surface area contributed by atoms with Crippen molar-refractivity contribution in [2.45, 2.75) is 67.7 Å². The lowest BCUT2D eigenvalue weighted by Crippen LogP contribution is -2.62. The van der Waals surface area contributed by atoms with Crippen molar-refractivity contribution in [3.63, 3.8) is 0 Å². The lowest BCUT2D eigenvalue weighted by molar-refractivity contribution is -0.134. The first-order valence-electron chi connectivity index (χ1n) is 26.6. The van der Waals surface area contributed by atoms with Gasteiger partial charge in [-0.3, -0.25) is 14.7 Å². The molecule has 78 heavy (non-hydrogen) atoms. The number of halogens is 5. The second-order valence-electron chi connectivity index (χ2n) is 21.0. The fourth-order valence-corrected chi connectivity index (χ4v) is 12.5. The summed E-state index contributed by atoms with van der Waals surface area (Å²) in [5.74, 6) is -0.608. The number of imidazole rings is 1. The van der Waals surface area contributed by atoms with Crippen LogP contribution in [0.5, 0.6) is 17.8 Å². The molecule has 6 aliphatic heterocycles. The standard InChI is InChI=1S/C56H56ClF4N11O6/c1-2-36-40(58)13-8-31-4-3-5-37(45(31)36)48-46(59)49-38(53(66-48)72-26-33-9-10-34(27-72)63-33)25-62-54(67-49)75-23-20-69-16-18-71(19-17-69)44-14-15-70(30-56(44,60)61)21-22-74-35-11-6-32(7-12-35)47-39(57)24-41-52(65-47)68-55(64-41)78-43-29-77-50-42(73)28-76-51(43)50/h1,3-8,11-13,24-25,33-34,42-44,50-51,63,73H,9-10,14-23,26-30H2,(H,64,65,68)/t33?,34?,42-,43-,44?,50-,51-/m1/s1. The van der Waals surface area contributed by atoms with Gasteiger partial charge in [-0.1, -0.05) is 41.8 Å². The predicted molar refractivity (Wildman–Crippen MR) is 283 cm³/mol. The summed E-state index contributed by atoms with van der Waals surface area (Å²) in [4.78, 5) is 34.3. The van der Waals surface area contributed by atoms with Gasteiger partial charge < -0.3 is 44.0 Å². The van der Waals surface area contributed by atoms with Crippen LogP contribution < -0.4 is 24.4 Å². The minimum absolute atomic E-state index is 0.00595. The first-order chi connectivity index (χ1) is 37.9. The maximum Gasteiger partial charge on any atom is 0.317 e. The highest BCUT2D eigenvalue weighted by Gasteiger charge is 2.49. The summed E-state index contributed by atoms with van der Waals surface area (Å²) in [6.07, 6.45) is 7.81. The molecule has 6 aliphatic rings. The molecule has 17 nitrogen and oxygen atoms in total. The van der Waals surface area contributed by atoms with Gasteiger partial charge in [0.15, 0.2) is 17.6 Å².